The third-order valence-corrected chi connectivity index (χ3v) is 3.74. The minimum atomic E-state index is -0.289. The van der Waals surface area contributed by atoms with Crippen LogP contribution in [0.4, 0.5) is 5.69 Å². The molecule has 2 aromatic rings. The summed E-state index contributed by atoms with van der Waals surface area (Å²) in [6.07, 6.45) is 3.44. The number of aryl methyl sites for hydroxylation is 1. The van der Waals surface area contributed by atoms with Crippen LogP contribution in [0.2, 0.25) is 0 Å². The molecule has 24 heavy (non-hydrogen) atoms. The summed E-state index contributed by atoms with van der Waals surface area (Å²) in [5.74, 6) is -0.0628. The van der Waals surface area contributed by atoms with Crippen molar-refractivity contribution < 1.29 is 9.84 Å². The number of hydrogen-bond acceptors (Lipinski definition) is 4. The Morgan fingerprint density at radius 1 is 1.42 bits per heavy atom. The van der Waals surface area contributed by atoms with Crippen LogP contribution in [0.5, 0.6) is 11.5 Å². The van der Waals surface area contributed by atoms with E-state index in [0.717, 1.165) is 18.5 Å². The number of rotatable bonds is 8. The van der Waals surface area contributed by atoms with Gasteiger partial charge in [-0.1, -0.05) is 19.4 Å². The van der Waals surface area contributed by atoms with Gasteiger partial charge in [-0.2, -0.15) is 0 Å². The van der Waals surface area contributed by atoms with Crippen molar-refractivity contribution in [2.75, 3.05) is 11.9 Å². The van der Waals surface area contributed by atoms with Gasteiger partial charge < -0.3 is 19.7 Å². The van der Waals surface area contributed by atoms with Crippen molar-refractivity contribution in [3.8, 4) is 11.5 Å². The van der Waals surface area contributed by atoms with Crippen LogP contribution in [0, 0.1) is 0 Å². The number of nitrogens with zero attached hydrogens (tertiary/aromatic N) is 1. The van der Waals surface area contributed by atoms with Crippen molar-refractivity contribution in [3.63, 3.8) is 0 Å². The molecule has 0 saturated carbocycles. The Morgan fingerprint density at radius 3 is 2.79 bits per heavy atom. The quantitative estimate of drug-likeness (QED) is 0.721. The maximum absolute atomic E-state index is 12.8. The Bertz CT molecular complexity index is 778. The van der Waals surface area contributed by atoms with Gasteiger partial charge in [0.05, 0.1) is 11.6 Å². The molecule has 5 heteroatoms. The first-order chi connectivity index (χ1) is 11.5. The molecule has 0 aliphatic carbocycles. The SMILES string of the molecule is C=CCNc1ccc2c(O)c(OC(C)C)c(=O)n(CCCC)c2c1. The summed E-state index contributed by atoms with van der Waals surface area (Å²) in [6, 6.07) is 5.57. The zero-order valence-corrected chi connectivity index (χ0v) is 14.6. The number of ether oxygens (including phenoxy) is 1. The second-order valence-electron chi connectivity index (χ2n) is 6.06. The fraction of sp³-hybridized carbons (Fsp3) is 0.421. The molecule has 5 nitrogen and oxygen atoms in total. The van der Waals surface area contributed by atoms with Crippen LogP contribution < -0.4 is 15.6 Å². The molecular formula is C19H26N2O3. The van der Waals surface area contributed by atoms with E-state index in [4.69, 9.17) is 4.74 Å². The van der Waals surface area contributed by atoms with Gasteiger partial charge in [0.2, 0.25) is 5.75 Å². The van der Waals surface area contributed by atoms with E-state index < -0.39 is 0 Å². The van der Waals surface area contributed by atoms with Gasteiger partial charge in [0, 0.05) is 24.2 Å². The summed E-state index contributed by atoms with van der Waals surface area (Å²) < 4.78 is 7.28. The number of hydrogen-bond donors (Lipinski definition) is 2. The fourth-order valence-electron chi connectivity index (χ4n) is 2.59. The van der Waals surface area contributed by atoms with Crippen LogP contribution in [-0.4, -0.2) is 22.3 Å². The predicted molar refractivity (Wildman–Crippen MR) is 99.2 cm³/mol. The first-order valence-electron chi connectivity index (χ1n) is 8.40. The molecule has 130 valence electrons. The minimum absolute atomic E-state index is 0.0282. The minimum Gasteiger partial charge on any atom is -0.504 e. The van der Waals surface area contributed by atoms with Crippen molar-refractivity contribution in [2.24, 2.45) is 0 Å². The molecule has 0 bridgehead atoms. The standard InChI is InChI=1S/C19H26N2O3/c1-5-7-11-21-16-12-14(20-10-6-2)8-9-15(16)17(22)18(19(21)23)24-13(3)4/h6,8-9,12-13,20,22H,2,5,7,10-11H2,1,3-4H3. The summed E-state index contributed by atoms with van der Waals surface area (Å²) in [5, 5.41) is 14.3. The number of pyridine rings is 1. The summed E-state index contributed by atoms with van der Waals surface area (Å²) in [6.45, 7) is 10.7. The Hall–Kier alpha value is -2.43. The third kappa shape index (κ3) is 3.72. The molecule has 0 aliphatic heterocycles. The summed E-state index contributed by atoms with van der Waals surface area (Å²) in [5.41, 5.74) is 1.29. The van der Waals surface area contributed by atoms with E-state index in [1.165, 1.54) is 0 Å². The Morgan fingerprint density at radius 2 is 2.17 bits per heavy atom. The lowest BCUT2D eigenvalue weighted by Gasteiger charge is -2.17. The monoisotopic (exact) mass is 330 g/mol. The Kier molecular flexibility index (Phi) is 5.90. The molecule has 2 N–H and O–H groups in total. The third-order valence-electron chi connectivity index (χ3n) is 3.74. The highest BCUT2D eigenvalue weighted by Gasteiger charge is 2.18. The van der Waals surface area contributed by atoms with E-state index in [-0.39, 0.29) is 23.2 Å². The Labute approximate surface area is 142 Å². The smallest absolute Gasteiger partial charge is 0.297 e. The predicted octanol–water partition coefficient (Wildman–Crippen LogP) is 3.89. The first kappa shape index (κ1) is 17.9. The lowest BCUT2D eigenvalue weighted by Crippen LogP contribution is -2.24. The van der Waals surface area contributed by atoms with Crippen LogP contribution in [-0.2, 0) is 6.54 Å². The normalized spacial score (nSPS) is 11.0. The van der Waals surface area contributed by atoms with Gasteiger partial charge in [-0.05, 0) is 38.5 Å². The maximum atomic E-state index is 12.8. The molecule has 0 radical (unpaired) electrons. The number of aromatic nitrogens is 1. The van der Waals surface area contributed by atoms with Crippen molar-refractivity contribution in [1.82, 2.24) is 4.57 Å². The van der Waals surface area contributed by atoms with E-state index >= 15 is 0 Å². The number of unbranched alkanes of at least 4 members (excludes halogenated alkanes) is 1. The van der Waals surface area contributed by atoms with Gasteiger partial charge in [-0.15, -0.1) is 6.58 Å². The summed E-state index contributed by atoms with van der Waals surface area (Å²) in [4.78, 5) is 12.8. The summed E-state index contributed by atoms with van der Waals surface area (Å²) in [7, 11) is 0. The van der Waals surface area contributed by atoms with E-state index in [1.807, 2.05) is 32.0 Å². The molecule has 0 aliphatic rings. The zero-order valence-electron chi connectivity index (χ0n) is 14.6. The topological polar surface area (TPSA) is 63.5 Å². The molecule has 0 spiro atoms. The maximum Gasteiger partial charge on any atom is 0.297 e. The van der Waals surface area contributed by atoms with E-state index in [1.54, 1.807) is 10.6 Å². The molecular weight excluding hydrogens is 304 g/mol. The number of fused-ring (bicyclic) bond motifs is 1. The molecule has 0 atom stereocenters. The van der Waals surface area contributed by atoms with E-state index in [2.05, 4.69) is 18.8 Å². The first-order valence-corrected chi connectivity index (χ1v) is 8.40. The van der Waals surface area contributed by atoms with Crippen LogP contribution >= 0.6 is 0 Å². The molecule has 0 saturated heterocycles. The highest BCUT2D eigenvalue weighted by atomic mass is 16.5. The lowest BCUT2D eigenvalue weighted by atomic mass is 10.1. The van der Waals surface area contributed by atoms with Gasteiger partial charge >= 0.3 is 0 Å². The largest absolute Gasteiger partial charge is 0.504 e. The van der Waals surface area contributed by atoms with Crippen LogP contribution in [0.25, 0.3) is 10.9 Å². The molecule has 1 aromatic carbocycles. The second-order valence-corrected chi connectivity index (χ2v) is 6.06. The van der Waals surface area contributed by atoms with Crippen LogP contribution in [0.15, 0.2) is 35.6 Å². The van der Waals surface area contributed by atoms with Gasteiger partial charge in [0.15, 0.2) is 5.75 Å². The van der Waals surface area contributed by atoms with Crippen molar-refractivity contribution in [3.05, 3.63) is 41.2 Å². The Balaban J connectivity index is 2.67. The highest BCUT2D eigenvalue weighted by molar-refractivity contribution is 5.90. The fourth-order valence-corrected chi connectivity index (χ4v) is 2.59. The van der Waals surface area contributed by atoms with Gasteiger partial charge in [-0.3, -0.25) is 4.79 Å². The van der Waals surface area contributed by atoms with Crippen molar-refractivity contribution >= 4 is 16.6 Å². The molecule has 0 fully saturated rings. The molecule has 2 rings (SSSR count). The van der Waals surface area contributed by atoms with Gasteiger partial charge in [0.1, 0.15) is 0 Å². The highest BCUT2D eigenvalue weighted by Crippen LogP contribution is 2.33. The van der Waals surface area contributed by atoms with Crippen LogP contribution in [0.3, 0.4) is 0 Å². The number of benzene rings is 1. The van der Waals surface area contributed by atoms with Crippen molar-refractivity contribution in [2.45, 2.75) is 46.3 Å². The molecule has 0 unspecified atom stereocenters. The number of nitrogens with one attached hydrogen (secondary N) is 1. The van der Waals surface area contributed by atoms with Crippen LogP contribution in [0.1, 0.15) is 33.6 Å². The molecule has 1 aromatic heterocycles. The summed E-state index contributed by atoms with van der Waals surface area (Å²) >= 11 is 0. The molecule has 0 amide bonds. The average Bonchev–Trinajstić information content (AvgIpc) is 2.56. The zero-order chi connectivity index (χ0) is 17.7. The van der Waals surface area contributed by atoms with E-state index in [9.17, 15) is 9.90 Å². The molecule has 1 heterocycles. The average molecular weight is 330 g/mol. The number of aromatic hydroxyl groups is 1. The lowest BCUT2D eigenvalue weighted by molar-refractivity contribution is 0.227. The second kappa shape index (κ2) is 7.90. The van der Waals surface area contributed by atoms with Gasteiger partial charge in [0.25, 0.3) is 5.56 Å². The van der Waals surface area contributed by atoms with Gasteiger partial charge in [-0.25, -0.2) is 0 Å². The van der Waals surface area contributed by atoms with Crippen molar-refractivity contribution in [1.29, 1.82) is 0 Å². The van der Waals surface area contributed by atoms with E-state index in [0.29, 0.717) is 24.0 Å². The number of anilines is 1.